The van der Waals surface area contributed by atoms with Crippen LogP contribution in [-0.2, 0) is 0 Å². The normalized spacial score (nSPS) is 28.4. The lowest BCUT2D eigenvalue weighted by Crippen LogP contribution is -2.34. The van der Waals surface area contributed by atoms with Crippen molar-refractivity contribution in [1.29, 1.82) is 0 Å². The maximum atomic E-state index is 12.5. The summed E-state index contributed by atoms with van der Waals surface area (Å²) in [5, 5.41) is 0. The van der Waals surface area contributed by atoms with Gasteiger partial charge in [-0.15, -0.1) is 0 Å². The summed E-state index contributed by atoms with van der Waals surface area (Å²) in [5.74, 6) is 0.461. The molecule has 1 aromatic rings. The lowest BCUT2D eigenvalue weighted by Gasteiger charge is -2.37. The molecule has 4 aliphatic carbocycles. The zero-order valence-electron chi connectivity index (χ0n) is 9.85. The van der Waals surface area contributed by atoms with E-state index in [-0.39, 0.29) is 23.4 Å². The van der Waals surface area contributed by atoms with Crippen LogP contribution in [0, 0.1) is 11.8 Å². The lowest BCUT2D eigenvalue weighted by atomic mass is 9.65. The molecule has 0 radical (unpaired) electrons. The number of ketones is 2. The molecule has 4 aliphatic rings. The van der Waals surface area contributed by atoms with Crippen LogP contribution in [0.25, 0.3) is 0 Å². The Morgan fingerprint density at radius 1 is 0.778 bits per heavy atom. The summed E-state index contributed by atoms with van der Waals surface area (Å²) in [7, 11) is 0. The van der Waals surface area contributed by atoms with Crippen LogP contribution in [0.3, 0.4) is 0 Å². The molecule has 0 spiro atoms. The summed E-state index contributed by atoms with van der Waals surface area (Å²) in [6.45, 7) is 0. The standard InChI is InChI=1S/C16H12O2/c17-15-11-3-1-2-4-12(11)16(18)14-10-7-5-9(6-8-10)13(14)15/h1-5,7,9-10H,6,8H2/t9-,10+. The summed E-state index contributed by atoms with van der Waals surface area (Å²) in [6.07, 6.45) is 6.21. The van der Waals surface area contributed by atoms with Crippen LogP contribution in [0.5, 0.6) is 0 Å². The fourth-order valence-electron chi connectivity index (χ4n) is 3.45. The predicted octanol–water partition coefficient (Wildman–Crippen LogP) is 2.96. The van der Waals surface area contributed by atoms with Crippen molar-refractivity contribution in [2.24, 2.45) is 11.8 Å². The average Bonchev–Trinajstić information content (AvgIpc) is 2.45. The first-order valence-electron chi connectivity index (χ1n) is 6.38. The van der Waals surface area contributed by atoms with Crippen molar-refractivity contribution < 1.29 is 9.59 Å². The first-order chi connectivity index (χ1) is 8.77. The Morgan fingerprint density at radius 2 is 1.22 bits per heavy atom. The highest BCUT2D eigenvalue weighted by Crippen LogP contribution is 2.45. The maximum absolute atomic E-state index is 12.5. The Kier molecular flexibility index (Phi) is 1.83. The molecule has 0 amide bonds. The first-order valence-corrected chi connectivity index (χ1v) is 6.38. The number of fused-ring (bicyclic) bond motifs is 2. The second-order valence-corrected chi connectivity index (χ2v) is 5.21. The van der Waals surface area contributed by atoms with Crippen LogP contribution < -0.4 is 0 Å². The Hall–Kier alpha value is -1.96. The van der Waals surface area contributed by atoms with Gasteiger partial charge in [-0.05, 0) is 12.8 Å². The highest BCUT2D eigenvalue weighted by Gasteiger charge is 2.42. The number of carbonyl (C=O) groups is 2. The SMILES string of the molecule is O=C1C2=C(C(=O)c3ccccc31)[C@H]1C=C[C@@H]2CC1. The Bertz CT molecular complexity index is 594. The minimum Gasteiger partial charge on any atom is -0.289 e. The zero-order valence-corrected chi connectivity index (χ0v) is 9.85. The van der Waals surface area contributed by atoms with Crippen LogP contribution in [-0.4, -0.2) is 11.6 Å². The highest BCUT2D eigenvalue weighted by atomic mass is 16.1. The quantitative estimate of drug-likeness (QED) is 0.649. The van der Waals surface area contributed by atoms with E-state index in [1.165, 1.54) is 0 Å². The van der Waals surface area contributed by atoms with Gasteiger partial charge in [-0.25, -0.2) is 0 Å². The van der Waals surface area contributed by atoms with E-state index in [1.54, 1.807) is 12.1 Å². The Balaban J connectivity index is 1.99. The van der Waals surface area contributed by atoms with E-state index >= 15 is 0 Å². The number of carbonyl (C=O) groups excluding carboxylic acids is 2. The molecule has 2 heteroatoms. The van der Waals surface area contributed by atoms with Crippen molar-refractivity contribution in [2.45, 2.75) is 12.8 Å². The third kappa shape index (κ3) is 1.08. The molecule has 0 unspecified atom stereocenters. The molecule has 2 atom stereocenters. The number of rotatable bonds is 0. The smallest absolute Gasteiger partial charge is 0.190 e. The second kappa shape index (κ2) is 3.29. The third-order valence-electron chi connectivity index (χ3n) is 4.30. The van der Waals surface area contributed by atoms with Gasteiger partial charge in [-0.1, -0.05) is 36.4 Å². The van der Waals surface area contributed by atoms with Gasteiger partial charge in [0.15, 0.2) is 11.6 Å². The molecule has 0 fully saturated rings. The van der Waals surface area contributed by atoms with E-state index < -0.39 is 0 Å². The van der Waals surface area contributed by atoms with E-state index in [2.05, 4.69) is 12.2 Å². The van der Waals surface area contributed by atoms with Crippen LogP contribution >= 0.6 is 0 Å². The molecule has 0 saturated carbocycles. The fourth-order valence-corrected chi connectivity index (χ4v) is 3.45. The van der Waals surface area contributed by atoms with Crippen molar-refractivity contribution in [1.82, 2.24) is 0 Å². The number of hydrogen-bond acceptors (Lipinski definition) is 2. The Labute approximate surface area is 105 Å². The average molecular weight is 236 g/mol. The summed E-state index contributed by atoms with van der Waals surface area (Å²) in [4.78, 5) is 25.1. The van der Waals surface area contributed by atoms with Crippen LogP contribution in [0.1, 0.15) is 33.6 Å². The Morgan fingerprint density at radius 3 is 1.61 bits per heavy atom. The van der Waals surface area contributed by atoms with Gasteiger partial charge in [0.25, 0.3) is 0 Å². The van der Waals surface area contributed by atoms with Crippen LogP contribution in [0.15, 0.2) is 47.6 Å². The summed E-state index contributed by atoms with van der Waals surface area (Å²) >= 11 is 0. The van der Waals surface area contributed by atoms with Gasteiger partial charge in [0.2, 0.25) is 0 Å². The van der Waals surface area contributed by atoms with Crippen molar-refractivity contribution >= 4 is 11.6 Å². The monoisotopic (exact) mass is 236 g/mol. The second-order valence-electron chi connectivity index (χ2n) is 5.21. The van der Waals surface area contributed by atoms with Crippen molar-refractivity contribution in [3.63, 3.8) is 0 Å². The van der Waals surface area contributed by atoms with Crippen molar-refractivity contribution in [3.05, 3.63) is 58.7 Å². The third-order valence-corrected chi connectivity index (χ3v) is 4.30. The molecule has 2 bridgehead atoms. The molecule has 18 heavy (non-hydrogen) atoms. The topological polar surface area (TPSA) is 34.1 Å². The largest absolute Gasteiger partial charge is 0.289 e. The van der Waals surface area contributed by atoms with E-state index in [0.717, 1.165) is 24.0 Å². The molecule has 0 saturated heterocycles. The molecular weight excluding hydrogens is 224 g/mol. The molecule has 0 heterocycles. The molecule has 5 rings (SSSR count). The van der Waals surface area contributed by atoms with E-state index in [9.17, 15) is 9.59 Å². The van der Waals surface area contributed by atoms with Gasteiger partial charge in [0, 0.05) is 34.1 Å². The molecular formula is C16H12O2. The van der Waals surface area contributed by atoms with Gasteiger partial charge in [-0.2, -0.15) is 0 Å². The van der Waals surface area contributed by atoms with Gasteiger partial charge in [0.1, 0.15) is 0 Å². The lowest BCUT2D eigenvalue weighted by molar-refractivity contribution is 0.0949. The number of Topliss-reactive ketones (excluding diaryl/α,β-unsaturated/α-hetero) is 2. The van der Waals surface area contributed by atoms with Gasteiger partial charge >= 0.3 is 0 Å². The van der Waals surface area contributed by atoms with E-state index in [1.807, 2.05) is 12.1 Å². The molecule has 1 aromatic carbocycles. The van der Waals surface area contributed by atoms with Crippen molar-refractivity contribution in [2.75, 3.05) is 0 Å². The van der Waals surface area contributed by atoms with Crippen LogP contribution in [0.2, 0.25) is 0 Å². The molecule has 88 valence electrons. The van der Waals surface area contributed by atoms with Gasteiger partial charge in [0.05, 0.1) is 0 Å². The number of allylic oxidation sites excluding steroid dienone is 4. The minimum absolute atomic E-state index is 0.0688. The summed E-state index contributed by atoms with van der Waals surface area (Å²) < 4.78 is 0. The van der Waals surface area contributed by atoms with Gasteiger partial charge < -0.3 is 0 Å². The van der Waals surface area contributed by atoms with E-state index in [4.69, 9.17) is 0 Å². The minimum atomic E-state index is 0.0688. The summed E-state index contributed by atoms with van der Waals surface area (Å²) in [5.41, 5.74) is 2.72. The highest BCUT2D eigenvalue weighted by molar-refractivity contribution is 6.27. The number of hydrogen-bond donors (Lipinski definition) is 0. The summed E-state index contributed by atoms with van der Waals surface area (Å²) in [6, 6.07) is 7.19. The molecule has 0 aromatic heterocycles. The number of benzene rings is 1. The fraction of sp³-hybridized carbons (Fsp3) is 0.250. The van der Waals surface area contributed by atoms with Crippen LogP contribution in [0.4, 0.5) is 0 Å². The zero-order chi connectivity index (χ0) is 12.3. The predicted molar refractivity (Wildman–Crippen MR) is 67.5 cm³/mol. The first kappa shape index (κ1) is 10.0. The van der Waals surface area contributed by atoms with Crippen molar-refractivity contribution in [3.8, 4) is 0 Å². The molecule has 0 aliphatic heterocycles. The van der Waals surface area contributed by atoms with Gasteiger partial charge in [-0.3, -0.25) is 9.59 Å². The van der Waals surface area contributed by atoms with E-state index in [0.29, 0.717) is 11.1 Å². The molecule has 2 nitrogen and oxygen atoms in total. The maximum Gasteiger partial charge on any atom is 0.190 e. The molecule has 0 N–H and O–H groups in total.